The second kappa shape index (κ2) is 5.83. The predicted octanol–water partition coefficient (Wildman–Crippen LogP) is 3.09. The average molecular weight is 277 g/mol. The van der Waals surface area contributed by atoms with Gasteiger partial charge in [-0.3, -0.25) is 9.69 Å². The van der Waals surface area contributed by atoms with Crippen molar-refractivity contribution in [3.8, 4) is 5.75 Å². The van der Waals surface area contributed by atoms with Crippen LogP contribution in [-0.2, 0) is 4.79 Å². The van der Waals surface area contributed by atoms with E-state index in [4.69, 9.17) is 4.74 Å². The lowest BCUT2D eigenvalue weighted by Crippen LogP contribution is -2.49. The van der Waals surface area contributed by atoms with Crippen molar-refractivity contribution < 1.29 is 14.6 Å². The highest BCUT2D eigenvalue weighted by Crippen LogP contribution is 2.38. The molecular formula is C16H23NO3. The SMILES string of the molecule is CCC(c1ccc(OC)cc1)N1CCCC1(C)C(=O)O. The Morgan fingerprint density at radius 3 is 2.60 bits per heavy atom. The molecule has 0 radical (unpaired) electrons. The standard InChI is InChI=1S/C16H23NO3/c1-4-14(12-6-8-13(20-3)9-7-12)17-11-5-10-16(17,2)15(18)19/h6-9,14H,4-5,10-11H2,1-3H3,(H,18,19). The van der Waals surface area contributed by atoms with Crippen LogP contribution in [0.4, 0.5) is 0 Å². The van der Waals surface area contributed by atoms with Crippen LogP contribution >= 0.6 is 0 Å². The quantitative estimate of drug-likeness (QED) is 0.898. The maximum atomic E-state index is 11.6. The van der Waals surface area contributed by atoms with E-state index >= 15 is 0 Å². The van der Waals surface area contributed by atoms with Gasteiger partial charge in [0.05, 0.1) is 7.11 Å². The number of ether oxygens (including phenoxy) is 1. The van der Waals surface area contributed by atoms with Gasteiger partial charge in [-0.05, 0) is 50.4 Å². The molecule has 2 rings (SSSR count). The van der Waals surface area contributed by atoms with Gasteiger partial charge in [-0.15, -0.1) is 0 Å². The molecular weight excluding hydrogens is 254 g/mol. The van der Waals surface area contributed by atoms with Gasteiger partial charge in [-0.2, -0.15) is 0 Å². The number of aliphatic carboxylic acids is 1. The normalized spacial score (nSPS) is 24.6. The molecule has 20 heavy (non-hydrogen) atoms. The van der Waals surface area contributed by atoms with E-state index in [0.29, 0.717) is 0 Å². The van der Waals surface area contributed by atoms with Crippen LogP contribution in [0.3, 0.4) is 0 Å². The number of carboxylic acid groups (broad SMARTS) is 1. The van der Waals surface area contributed by atoms with Gasteiger partial charge in [-0.1, -0.05) is 19.1 Å². The monoisotopic (exact) mass is 277 g/mol. The van der Waals surface area contributed by atoms with Crippen LogP contribution in [0.1, 0.15) is 44.7 Å². The minimum Gasteiger partial charge on any atom is -0.497 e. The zero-order chi connectivity index (χ0) is 14.8. The second-order valence-corrected chi connectivity index (χ2v) is 5.57. The molecule has 1 aliphatic heterocycles. The molecule has 1 aliphatic rings. The number of rotatable bonds is 5. The van der Waals surface area contributed by atoms with E-state index in [1.165, 1.54) is 0 Å². The van der Waals surface area contributed by atoms with Crippen molar-refractivity contribution in [2.24, 2.45) is 0 Å². The molecule has 110 valence electrons. The molecule has 4 heteroatoms. The fraction of sp³-hybridized carbons (Fsp3) is 0.562. The van der Waals surface area contributed by atoms with Crippen LogP contribution in [0.5, 0.6) is 5.75 Å². The van der Waals surface area contributed by atoms with E-state index in [1.54, 1.807) is 7.11 Å². The van der Waals surface area contributed by atoms with E-state index in [1.807, 2.05) is 31.2 Å². The van der Waals surface area contributed by atoms with Crippen LogP contribution in [0.15, 0.2) is 24.3 Å². The number of hydrogen-bond acceptors (Lipinski definition) is 3. The molecule has 1 aromatic rings. The van der Waals surface area contributed by atoms with Gasteiger partial charge in [0, 0.05) is 6.04 Å². The van der Waals surface area contributed by atoms with E-state index < -0.39 is 11.5 Å². The summed E-state index contributed by atoms with van der Waals surface area (Å²) in [6.07, 6.45) is 2.56. The van der Waals surface area contributed by atoms with Crippen molar-refractivity contribution in [2.75, 3.05) is 13.7 Å². The summed E-state index contributed by atoms with van der Waals surface area (Å²) >= 11 is 0. The number of nitrogens with zero attached hydrogens (tertiary/aromatic N) is 1. The molecule has 2 unspecified atom stereocenters. The smallest absolute Gasteiger partial charge is 0.323 e. The highest BCUT2D eigenvalue weighted by Gasteiger charge is 2.46. The maximum absolute atomic E-state index is 11.6. The van der Waals surface area contributed by atoms with E-state index in [2.05, 4.69) is 11.8 Å². The lowest BCUT2D eigenvalue weighted by Gasteiger charge is -2.37. The number of hydrogen-bond donors (Lipinski definition) is 1. The number of carbonyl (C=O) groups is 1. The van der Waals surface area contributed by atoms with Gasteiger partial charge >= 0.3 is 5.97 Å². The molecule has 0 aliphatic carbocycles. The van der Waals surface area contributed by atoms with Crippen molar-refractivity contribution in [3.05, 3.63) is 29.8 Å². The molecule has 0 spiro atoms. The van der Waals surface area contributed by atoms with Gasteiger partial charge in [0.2, 0.25) is 0 Å². The fourth-order valence-corrected chi connectivity index (χ4v) is 3.18. The largest absolute Gasteiger partial charge is 0.497 e. The summed E-state index contributed by atoms with van der Waals surface area (Å²) < 4.78 is 5.18. The number of methoxy groups -OCH3 is 1. The number of benzene rings is 1. The van der Waals surface area contributed by atoms with Crippen LogP contribution in [-0.4, -0.2) is 35.2 Å². The maximum Gasteiger partial charge on any atom is 0.323 e. The average Bonchev–Trinajstić information content (AvgIpc) is 2.84. The van der Waals surface area contributed by atoms with Gasteiger partial charge in [0.25, 0.3) is 0 Å². The third kappa shape index (κ3) is 2.52. The highest BCUT2D eigenvalue weighted by molar-refractivity contribution is 5.78. The fourth-order valence-electron chi connectivity index (χ4n) is 3.18. The van der Waals surface area contributed by atoms with Gasteiger partial charge in [0.15, 0.2) is 0 Å². The summed E-state index contributed by atoms with van der Waals surface area (Å²) in [4.78, 5) is 13.8. The van der Waals surface area contributed by atoms with E-state index in [-0.39, 0.29) is 6.04 Å². The summed E-state index contributed by atoms with van der Waals surface area (Å²) in [6.45, 7) is 4.79. The highest BCUT2D eigenvalue weighted by atomic mass is 16.5. The summed E-state index contributed by atoms with van der Waals surface area (Å²) in [5, 5.41) is 9.55. The van der Waals surface area contributed by atoms with Crippen LogP contribution < -0.4 is 4.74 Å². The Kier molecular flexibility index (Phi) is 4.33. The minimum atomic E-state index is -0.749. The third-order valence-corrected chi connectivity index (χ3v) is 4.42. The van der Waals surface area contributed by atoms with Crippen LogP contribution in [0, 0.1) is 0 Å². The zero-order valence-electron chi connectivity index (χ0n) is 12.4. The van der Waals surface area contributed by atoms with E-state index in [9.17, 15) is 9.90 Å². The minimum absolute atomic E-state index is 0.143. The van der Waals surface area contributed by atoms with Crippen molar-refractivity contribution in [1.29, 1.82) is 0 Å². The van der Waals surface area contributed by atoms with Gasteiger partial charge in [-0.25, -0.2) is 0 Å². The lowest BCUT2D eigenvalue weighted by molar-refractivity contribution is -0.150. The molecule has 0 saturated carbocycles. The van der Waals surface area contributed by atoms with Crippen molar-refractivity contribution in [3.63, 3.8) is 0 Å². The lowest BCUT2D eigenvalue weighted by atomic mass is 9.94. The topological polar surface area (TPSA) is 49.8 Å². The summed E-state index contributed by atoms with van der Waals surface area (Å²) in [6, 6.07) is 8.09. The molecule has 0 bridgehead atoms. The first kappa shape index (κ1) is 14.9. The molecule has 2 atom stereocenters. The molecule has 1 heterocycles. The Bertz CT molecular complexity index is 471. The first-order valence-electron chi connectivity index (χ1n) is 7.17. The molecule has 1 aromatic carbocycles. The van der Waals surface area contributed by atoms with Gasteiger partial charge in [0.1, 0.15) is 11.3 Å². The van der Waals surface area contributed by atoms with Crippen molar-refractivity contribution in [1.82, 2.24) is 4.90 Å². The molecule has 0 amide bonds. The molecule has 1 fully saturated rings. The predicted molar refractivity (Wildman–Crippen MR) is 78.0 cm³/mol. The Morgan fingerprint density at radius 2 is 2.10 bits per heavy atom. The first-order chi connectivity index (χ1) is 9.52. The Balaban J connectivity index is 2.29. The molecule has 1 saturated heterocycles. The third-order valence-electron chi connectivity index (χ3n) is 4.42. The first-order valence-corrected chi connectivity index (χ1v) is 7.17. The van der Waals surface area contributed by atoms with Crippen molar-refractivity contribution >= 4 is 5.97 Å². The molecule has 1 N–H and O–H groups in total. The van der Waals surface area contributed by atoms with Crippen LogP contribution in [0.25, 0.3) is 0 Å². The summed E-state index contributed by atoms with van der Waals surface area (Å²) in [5.41, 5.74) is 0.406. The zero-order valence-corrected chi connectivity index (χ0v) is 12.4. The van der Waals surface area contributed by atoms with Crippen LogP contribution in [0.2, 0.25) is 0 Å². The van der Waals surface area contributed by atoms with Gasteiger partial charge < -0.3 is 9.84 Å². The molecule has 0 aromatic heterocycles. The summed E-state index contributed by atoms with van der Waals surface area (Å²) in [7, 11) is 1.65. The Hall–Kier alpha value is -1.55. The Morgan fingerprint density at radius 1 is 1.45 bits per heavy atom. The molecule has 4 nitrogen and oxygen atoms in total. The van der Waals surface area contributed by atoms with E-state index in [0.717, 1.165) is 37.1 Å². The Labute approximate surface area is 120 Å². The summed E-state index contributed by atoms with van der Waals surface area (Å²) in [5.74, 6) is 0.105. The number of carboxylic acids is 1. The number of likely N-dealkylation sites (tertiary alicyclic amines) is 1. The second-order valence-electron chi connectivity index (χ2n) is 5.57. The van der Waals surface area contributed by atoms with Crippen molar-refractivity contribution in [2.45, 2.75) is 44.7 Å².